The fourth-order valence-corrected chi connectivity index (χ4v) is 2.31. The molecule has 0 bridgehead atoms. The number of aryl methyl sites for hydroxylation is 1. The van der Waals surface area contributed by atoms with Gasteiger partial charge >= 0.3 is 0 Å². The van der Waals surface area contributed by atoms with Crippen LogP contribution in [-0.2, 0) is 6.54 Å². The Morgan fingerprint density at radius 3 is 2.70 bits per heavy atom. The van der Waals surface area contributed by atoms with Crippen LogP contribution in [-0.4, -0.2) is 14.2 Å². The van der Waals surface area contributed by atoms with Crippen molar-refractivity contribution in [3.05, 3.63) is 59.0 Å². The summed E-state index contributed by atoms with van der Waals surface area (Å²) in [5.74, 6) is 0. The van der Waals surface area contributed by atoms with Crippen molar-refractivity contribution in [1.82, 2.24) is 14.2 Å². The maximum Gasteiger partial charge on any atom is 0.274 e. The van der Waals surface area contributed by atoms with Crippen molar-refractivity contribution in [1.29, 1.82) is 0 Å². The molecule has 0 spiro atoms. The van der Waals surface area contributed by atoms with Gasteiger partial charge in [-0.1, -0.05) is 43.7 Å². The molecule has 3 rings (SSSR count). The van der Waals surface area contributed by atoms with E-state index in [4.69, 9.17) is 0 Å². The fraction of sp³-hybridized carbons (Fsp3) is 0.250. The van der Waals surface area contributed by atoms with Crippen LogP contribution in [0.4, 0.5) is 0 Å². The van der Waals surface area contributed by atoms with Gasteiger partial charge in [0.05, 0.1) is 5.69 Å². The minimum absolute atomic E-state index is 0.0880. The Kier molecular flexibility index (Phi) is 3.37. The first-order valence-corrected chi connectivity index (χ1v) is 6.94. The number of fused-ring (bicyclic) bond motifs is 1. The highest BCUT2D eigenvalue weighted by Gasteiger charge is 2.08. The Hall–Kier alpha value is -2.36. The van der Waals surface area contributed by atoms with Crippen molar-refractivity contribution in [2.75, 3.05) is 0 Å². The molecule has 2 heterocycles. The normalized spacial score (nSPS) is 11.1. The third-order valence-electron chi connectivity index (χ3n) is 3.41. The molecule has 0 saturated heterocycles. The molecule has 3 aromatic rings. The second-order valence-corrected chi connectivity index (χ2v) is 4.87. The molecule has 0 aliphatic heterocycles. The van der Waals surface area contributed by atoms with E-state index in [1.807, 2.05) is 42.6 Å². The summed E-state index contributed by atoms with van der Waals surface area (Å²) in [6.45, 7) is 3.06. The summed E-state index contributed by atoms with van der Waals surface area (Å²) in [6, 6.07) is 13.5. The maximum absolute atomic E-state index is 11.9. The van der Waals surface area contributed by atoms with Gasteiger partial charge in [0.1, 0.15) is 5.65 Å². The van der Waals surface area contributed by atoms with E-state index in [9.17, 15) is 4.79 Å². The zero-order valence-corrected chi connectivity index (χ0v) is 11.5. The first-order valence-electron chi connectivity index (χ1n) is 6.94. The number of nitrogens with zero attached hydrogens (tertiary/aromatic N) is 3. The average Bonchev–Trinajstić information content (AvgIpc) is 2.94. The SMILES string of the molecule is CCCCn1ccc(=O)n2nc(-c3ccccc3)cc12. The van der Waals surface area contributed by atoms with Crippen molar-refractivity contribution >= 4 is 5.65 Å². The highest BCUT2D eigenvalue weighted by Crippen LogP contribution is 2.18. The Morgan fingerprint density at radius 2 is 1.95 bits per heavy atom. The predicted octanol–water partition coefficient (Wildman–Crippen LogP) is 2.96. The summed E-state index contributed by atoms with van der Waals surface area (Å²) in [7, 11) is 0. The summed E-state index contributed by atoms with van der Waals surface area (Å²) in [5, 5.41) is 4.43. The molecule has 1 aromatic carbocycles. The molecule has 0 radical (unpaired) electrons. The highest BCUT2D eigenvalue weighted by atomic mass is 16.1. The van der Waals surface area contributed by atoms with Crippen molar-refractivity contribution < 1.29 is 0 Å². The minimum atomic E-state index is -0.0880. The zero-order valence-electron chi connectivity index (χ0n) is 11.5. The van der Waals surface area contributed by atoms with Crippen LogP contribution in [0.2, 0.25) is 0 Å². The van der Waals surface area contributed by atoms with Crippen molar-refractivity contribution in [3.8, 4) is 11.3 Å². The van der Waals surface area contributed by atoms with Gasteiger partial charge in [-0.2, -0.15) is 9.61 Å². The first-order chi connectivity index (χ1) is 9.79. The highest BCUT2D eigenvalue weighted by molar-refractivity contribution is 5.64. The van der Waals surface area contributed by atoms with Gasteiger partial charge in [-0.15, -0.1) is 0 Å². The number of unbranched alkanes of at least 4 members (excludes halogenated alkanes) is 1. The first kappa shape index (κ1) is 12.7. The van der Waals surface area contributed by atoms with Crippen molar-refractivity contribution in [2.45, 2.75) is 26.3 Å². The van der Waals surface area contributed by atoms with Crippen LogP contribution in [0.25, 0.3) is 16.9 Å². The van der Waals surface area contributed by atoms with Gasteiger partial charge in [-0.25, -0.2) is 0 Å². The van der Waals surface area contributed by atoms with Crippen LogP contribution in [0, 0.1) is 0 Å². The third kappa shape index (κ3) is 2.25. The molecule has 20 heavy (non-hydrogen) atoms. The zero-order chi connectivity index (χ0) is 13.9. The van der Waals surface area contributed by atoms with E-state index in [0.717, 1.165) is 36.3 Å². The Bertz CT molecular complexity index is 771. The number of aromatic nitrogens is 3. The lowest BCUT2D eigenvalue weighted by Gasteiger charge is -2.06. The Balaban J connectivity index is 2.14. The van der Waals surface area contributed by atoms with E-state index < -0.39 is 0 Å². The molecule has 0 unspecified atom stereocenters. The van der Waals surface area contributed by atoms with Crippen molar-refractivity contribution in [3.63, 3.8) is 0 Å². The van der Waals surface area contributed by atoms with Crippen LogP contribution in [0.3, 0.4) is 0 Å². The van der Waals surface area contributed by atoms with E-state index in [-0.39, 0.29) is 5.56 Å². The molecule has 0 N–H and O–H groups in total. The van der Waals surface area contributed by atoms with Gasteiger partial charge in [0.25, 0.3) is 5.56 Å². The van der Waals surface area contributed by atoms with Gasteiger partial charge in [-0.3, -0.25) is 4.79 Å². The lowest BCUT2D eigenvalue weighted by molar-refractivity contribution is 0.629. The van der Waals surface area contributed by atoms with Crippen LogP contribution >= 0.6 is 0 Å². The van der Waals surface area contributed by atoms with Crippen molar-refractivity contribution in [2.24, 2.45) is 0 Å². The summed E-state index contributed by atoms with van der Waals surface area (Å²) >= 11 is 0. The lowest BCUT2D eigenvalue weighted by atomic mass is 10.2. The molecule has 0 fully saturated rings. The average molecular weight is 267 g/mol. The van der Waals surface area contributed by atoms with Crippen LogP contribution in [0.1, 0.15) is 19.8 Å². The second-order valence-electron chi connectivity index (χ2n) is 4.87. The second kappa shape index (κ2) is 5.33. The van der Waals surface area contributed by atoms with E-state index in [1.54, 1.807) is 6.07 Å². The van der Waals surface area contributed by atoms with Gasteiger partial charge in [0, 0.05) is 30.4 Å². The molecule has 102 valence electrons. The third-order valence-corrected chi connectivity index (χ3v) is 3.41. The largest absolute Gasteiger partial charge is 0.333 e. The van der Waals surface area contributed by atoms with Gasteiger partial charge in [-0.05, 0) is 6.42 Å². The van der Waals surface area contributed by atoms with Gasteiger partial charge in [0.2, 0.25) is 0 Å². The predicted molar refractivity (Wildman–Crippen MR) is 79.8 cm³/mol. The van der Waals surface area contributed by atoms with E-state index >= 15 is 0 Å². The van der Waals surface area contributed by atoms with E-state index in [0.29, 0.717) is 0 Å². The molecular weight excluding hydrogens is 250 g/mol. The minimum Gasteiger partial charge on any atom is -0.333 e. The molecule has 0 atom stereocenters. The van der Waals surface area contributed by atoms with E-state index in [2.05, 4.69) is 16.6 Å². The topological polar surface area (TPSA) is 39.3 Å². The molecule has 0 amide bonds. The molecular formula is C16H17N3O. The van der Waals surface area contributed by atoms with Crippen LogP contribution < -0.4 is 5.56 Å². The summed E-state index contributed by atoms with van der Waals surface area (Å²) in [5.41, 5.74) is 2.62. The number of hydrogen-bond acceptors (Lipinski definition) is 2. The number of benzene rings is 1. The summed E-state index contributed by atoms with van der Waals surface area (Å²) in [6.07, 6.45) is 4.06. The Labute approximate surface area is 117 Å². The number of rotatable bonds is 4. The molecule has 0 saturated carbocycles. The molecule has 2 aromatic heterocycles. The quantitative estimate of drug-likeness (QED) is 0.729. The summed E-state index contributed by atoms with van der Waals surface area (Å²) in [4.78, 5) is 11.9. The molecule has 4 nitrogen and oxygen atoms in total. The smallest absolute Gasteiger partial charge is 0.274 e. The van der Waals surface area contributed by atoms with Gasteiger partial charge < -0.3 is 4.57 Å². The fourth-order valence-electron chi connectivity index (χ4n) is 2.31. The lowest BCUT2D eigenvalue weighted by Crippen LogP contribution is -2.17. The maximum atomic E-state index is 11.9. The molecule has 4 heteroatoms. The van der Waals surface area contributed by atoms with Crippen LogP contribution in [0.15, 0.2) is 53.5 Å². The summed E-state index contributed by atoms with van der Waals surface area (Å²) < 4.78 is 3.57. The standard InChI is InChI=1S/C16H17N3O/c1-2-3-10-18-11-9-16(20)19-15(18)12-14(17-19)13-7-5-4-6-8-13/h4-9,11-12H,2-3,10H2,1H3. The molecule has 0 aliphatic rings. The van der Waals surface area contributed by atoms with E-state index in [1.165, 1.54) is 4.52 Å². The van der Waals surface area contributed by atoms with Gasteiger partial charge in [0.15, 0.2) is 0 Å². The number of hydrogen-bond donors (Lipinski definition) is 0. The van der Waals surface area contributed by atoms with Crippen LogP contribution in [0.5, 0.6) is 0 Å². The monoisotopic (exact) mass is 267 g/mol. The Morgan fingerprint density at radius 1 is 1.15 bits per heavy atom. The molecule has 0 aliphatic carbocycles.